The lowest BCUT2D eigenvalue weighted by Crippen LogP contribution is -2.50. The third kappa shape index (κ3) is 9.82. The fourth-order valence-corrected chi connectivity index (χ4v) is 3.86. The summed E-state index contributed by atoms with van der Waals surface area (Å²) in [7, 11) is -4.00. The first-order chi connectivity index (χ1) is 14.8. The predicted octanol–water partition coefficient (Wildman–Crippen LogP) is 2.64. The highest BCUT2D eigenvalue weighted by Gasteiger charge is 2.26. The van der Waals surface area contributed by atoms with E-state index in [1.807, 2.05) is 0 Å². The topological polar surface area (TPSA) is 135 Å². The molecule has 3 N–H and O–H groups in total. The average Bonchev–Trinajstić information content (AvgIpc) is 2.74. The van der Waals surface area contributed by atoms with E-state index in [0.717, 1.165) is 0 Å². The van der Waals surface area contributed by atoms with Crippen LogP contribution >= 0.6 is 24.0 Å². The Morgan fingerprint density at radius 2 is 1.84 bits per heavy atom. The molecule has 0 spiro atoms. The first-order valence-electron chi connectivity index (χ1n) is 9.58. The fraction of sp³-hybridized carbons (Fsp3) is 0.350. The lowest BCUT2D eigenvalue weighted by molar-refractivity contribution is -0.137. The highest BCUT2D eigenvalue weighted by Crippen LogP contribution is 2.15. The standard InChI is InChI=1S/C20H24ClN3O6S.ClH/c21-15-7-9-17(10-8-15)31(28,29)24-18(14-30-16-5-4-11-22-13-16)20(27)23-12-3-1-2-6-19(25)26;/h4-5,7-11,13,18,24H,1-3,6,12,14H2,(H,23,27)(H,25,26);1H. The smallest absolute Gasteiger partial charge is 0.303 e. The third-order valence-corrected chi connectivity index (χ3v) is 5.90. The first kappa shape index (κ1) is 27.6. The van der Waals surface area contributed by atoms with Crippen LogP contribution < -0.4 is 14.8 Å². The van der Waals surface area contributed by atoms with Gasteiger partial charge in [0.1, 0.15) is 18.4 Å². The zero-order valence-electron chi connectivity index (χ0n) is 17.1. The van der Waals surface area contributed by atoms with Crippen LogP contribution in [0.2, 0.25) is 5.02 Å². The van der Waals surface area contributed by atoms with E-state index in [4.69, 9.17) is 21.4 Å². The summed E-state index contributed by atoms with van der Waals surface area (Å²) in [5, 5.41) is 11.7. The second-order valence-electron chi connectivity index (χ2n) is 6.62. The van der Waals surface area contributed by atoms with Gasteiger partial charge in [0.2, 0.25) is 15.9 Å². The zero-order valence-corrected chi connectivity index (χ0v) is 19.5. The van der Waals surface area contributed by atoms with E-state index in [9.17, 15) is 18.0 Å². The van der Waals surface area contributed by atoms with Gasteiger partial charge in [-0.3, -0.25) is 14.6 Å². The number of unbranched alkanes of at least 4 members (excludes halogenated alkanes) is 2. The van der Waals surface area contributed by atoms with E-state index in [2.05, 4.69) is 15.0 Å². The van der Waals surface area contributed by atoms with Crippen molar-refractivity contribution in [1.29, 1.82) is 0 Å². The second kappa shape index (κ2) is 13.9. The molecule has 32 heavy (non-hydrogen) atoms. The summed E-state index contributed by atoms with van der Waals surface area (Å²) < 4.78 is 33.3. The summed E-state index contributed by atoms with van der Waals surface area (Å²) in [6, 6.07) is 7.65. The minimum Gasteiger partial charge on any atom is -0.490 e. The molecule has 2 aromatic rings. The summed E-state index contributed by atoms with van der Waals surface area (Å²) >= 11 is 5.81. The molecule has 1 atom stereocenters. The van der Waals surface area contributed by atoms with Crippen LogP contribution in [-0.4, -0.2) is 49.6 Å². The number of nitrogens with zero attached hydrogens (tertiary/aromatic N) is 1. The molecule has 1 heterocycles. The number of pyridine rings is 1. The third-order valence-electron chi connectivity index (χ3n) is 4.16. The maximum absolute atomic E-state index is 12.7. The molecule has 0 aliphatic rings. The van der Waals surface area contributed by atoms with E-state index >= 15 is 0 Å². The summed E-state index contributed by atoms with van der Waals surface area (Å²) in [5.41, 5.74) is 0. The van der Waals surface area contributed by atoms with Gasteiger partial charge >= 0.3 is 5.97 Å². The Balaban J connectivity index is 0.00000512. The van der Waals surface area contributed by atoms with Gasteiger partial charge in [-0.25, -0.2) is 8.42 Å². The van der Waals surface area contributed by atoms with Gasteiger partial charge in [-0.15, -0.1) is 12.4 Å². The van der Waals surface area contributed by atoms with Crippen molar-refractivity contribution >= 4 is 45.9 Å². The van der Waals surface area contributed by atoms with Crippen LogP contribution in [0.1, 0.15) is 25.7 Å². The number of carboxylic acids is 1. The number of sulfonamides is 1. The number of amides is 1. The number of ether oxygens (including phenoxy) is 1. The van der Waals surface area contributed by atoms with Crippen LogP contribution in [0.5, 0.6) is 5.75 Å². The van der Waals surface area contributed by atoms with Gasteiger partial charge in [0, 0.05) is 24.2 Å². The number of hydrogen-bond acceptors (Lipinski definition) is 6. The Morgan fingerprint density at radius 3 is 2.47 bits per heavy atom. The highest BCUT2D eigenvalue weighted by atomic mass is 35.5. The van der Waals surface area contributed by atoms with Gasteiger partial charge in [0.25, 0.3) is 0 Å². The van der Waals surface area contributed by atoms with E-state index in [1.165, 1.54) is 30.5 Å². The highest BCUT2D eigenvalue weighted by molar-refractivity contribution is 7.89. The van der Waals surface area contributed by atoms with Crippen molar-refractivity contribution < 1.29 is 27.9 Å². The maximum Gasteiger partial charge on any atom is 0.303 e. The van der Waals surface area contributed by atoms with Gasteiger partial charge in [0.05, 0.1) is 11.1 Å². The fourth-order valence-electron chi connectivity index (χ4n) is 2.56. The molecule has 2 rings (SSSR count). The minimum atomic E-state index is -4.00. The molecule has 1 amide bonds. The van der Waals surface area contributed by atoms with Crippen molar-refractivity contribution in [2.75, 3.05) is 13.2 Å². The SMILES string of the molecule is Cl.O=C(O)CCCCCNC(=O)C(COc1cccnc1)NS(=O)(=O)c1ccc(Cl)cc1. The predicted molar refractivity (Wildman–Crippen MR) is 122 cm³/mol. The quantitative estimate of drug-likeness (QED) is 0.356. The van der Waals surface area contributed by atoms with E-state index in [1.54, 1.807) is 18.3 Å². The number of halogens is 2. The van der Waals surface area contributed by atoms with Crippen LogP contribution in [0, 0.1) is 0 Å². The minimum absolute atomic E-state index is 0. The van der Waals surface area contributed by atoms with Gasteiger partial charge in [-0.1, -0.05) is 18.0 Å². The van der Waals surface area contributed by atoms with Crippen LogP contribution in [0.25, 0.3) is 0 Å². The van der Waals surface area contributed by atoms with Crippen molar-refractivity contribution in [3.63, 3.8) is 0 Å². The molecule has 0 saturated carbocycles. The second-order valence-corrected chi connectivity index (χ2v) is 8.77. The molecule has 0 aliphatic heterocycles. The number of benzene rings is 1. The Kier molecular flexibility index (Phi) is 12.0. The van der Waals surface area contributed by atoms with Crippen molar-refractivity contribution in [1.82, 2.24) is 15.0 Å². The Hall–Kier alpha value is -2.40. The van der Waals surface area contributed by atoms with Crippen molar-refractivity contribution in [3.05, 3.63) is 53.8 Å². The number of aromatic nitrogens is 1. The molecule has 1 unspecified atom stereocenters. The monoisotopic (exact) mass is 505 g/mol. The first-order valence-corrected chi connectivity index (χ1v) is 11.4. The van der Waals surface area contributed by atoms with Crippen LogP contribution in [0.4, 0.5) is 0 Å². The average molecular weight is 506 g/mol. The number of carboxylic acid groups (broad SMARTS) is 1. The molecule has 9 nitrogen and oxygen atoms in total. The summed E-state index contributed by atoms with van der Waals surface area (Å²) in [6.07, 6.45) is 4.77. The van der Waals surface area contributed by atoms with Gasteiger partial charge in [0.15, 0.2) is 0 Å². The Morgan fingerprint density at radius 1 is 1.12 bits per heavy atom. The molecular formula is C20H25Cl2N3O6S. The molecule has 0 radical (unpaired) electrons. The summed E-state index contributed by atoms with van der Waals surface area (Å²) in [4.78, 5) is 27.0. The van der Waals surface area contributed by atoms with Crippen LogP contribution in [-0.2, 0) is 19.6 Å². The number of hydrogen-bond donors (Lipinski definition) is 3. The molecule has 0 bridgehead atoms. The van der Waals surface area contributed by atoms with Crippen molar-refractivity contribution in [2.45, 2.75) is 36.6 Å². The molecular weight excluding hydrogens is 481 g/mol. The van der Waals surface area contributed by atoms with Crippen molar-refractivity contribution in [2.24, 2.45) is 0 Å². The number of nitrogens with one attached hydrogen (secondary N) is 2. The van der Waals surface area contributed by atoms with E-state index < -0.39 is 27.9 Å². The molecule has 1 aromatic carbocycles. The molecule has 12 heteroatoms. The Labute approximate surface area is 198 Å². The summed E-state index contributed by atoms with van der Waals surface area (Å²) in [5.74, 6) is -1.03. The largest absolute Gasteiger partial charge is 0.490 e. The van der Waals surface area contributed by atoms with E-state index in [-0.39, 0.29) is 36.9 Å². The molecule has 0 aliphatic carbocycles. The lowest BCUT2D eigenvalue weighted by atomic mass is 10.2. The van der Waals surface area contributed by atoms with Crippen LogP contribution in [0.15, 0.2) is 53.7 Å². The molecule has 0 saturated heterocycles. The van der Waals surface area contributed by atoms with Gasteiger partial charge in [-0.05, 0) is 49.2 Å². The van der Waals surface area contributed by atoms with E-state index in [0.29, 0.717) is 30.0 Å². The van der Waals surface area contributed by atoms with Gasteiger partial charge < -0.3 is 15.2 Å². The number of carbonyl (C=O) groups is 2. The van der Waals surface area contributed by atoms with Crippen molar-refractivity contribution in [3.8, 4) is 5.75 Å². The van der Waals surface area contributed by atoms with Gasteiger partial charge in [-0.2, -0.15) is 4.72 Å². The normalized spacial score (nSPS) is 11.8. The number of carbonyl (C=O) groups excluding carboxylic acids is 1. The summed E-state index contributed by atoms with van der Waals surface area (Å²) in [6.45, 7) is 0.0356. The molecule has 176 valence electrons. The molecule has 0 fully saturated rings. The molecule has 1 aromatic heterocycles. The number of aliphatic carboxylic acids is 1. The zero-order chi connectivity index (χ0) is 22.7. The Bertz CT molecular complexity index is 959. The van der Waals surface area contributed by atoms with Crippen LogP contribution in [0.3, 0.4) is 0 Å². The lowest BCUT2D eigenvalue weighted by Gasteiger charge is -2.19. The number of rotatable bonds is 13. The maximum atomic E-state index is 12.7.